The lowest BCUT2D eigenvalue weighted by Gasteiger charge is -2.28. The highest BCUT2D eigenvalue weighted by molar-refractivity contribution is 6.07. The highest BCUT2D eigenvalue weighted by Gasteiger charge is 2.47. The van der Waals surface area contributed by atoms with Crippen LogP contribution in [-0.2, 0) is 9.59 Å². The Bertz CT molecular complexity index is 1390. The fourth-order valence-corrected chi connectivity index (χ4v) is 5.41. The Hall–Kier alpha value is -4.54. The molecule has 2 aromatic rings. The van der Waals surface area contributed by atoms with Gasteiger partial charge in [0.1, 0.15) is 6.04 Å². The van der Waals surface area contributed by atoms with E-state index in [2.05, 4.69) is 20.9 Å². The topological polar surface area (TPSA) is 168 Å². The number of carboxylic acid groups (broad SMARTS) is 1. The summed E-state index contributed by atoms with van der Waals surface area (Å²) in [5.74, 6) is -4.72. The third-order valence-electron chi connectivity index (χ3n) is 7.72. The Kier molecular flexibility index (Phi) is 9.39. The maximum Gasteiger partial charge on any atom is 0.404 e. The van der Waals surface area contributed by atoms with E-state index in [1.807, 2.05) is 18.0 Å². The highest BCUT2D eigenvalue weighted by atomic mass is 19.3. The molecule has 2 heterocycles. The minimum atomic E-state index is -3.15. The van der Waals surface area contributed by atoms with Crippen molar-refractivity contribution in [3.63, 3.8) is 0 Å². The molecule has 1 aromatic heterocycles. The summed E-state index contributed by atoms with van der Waals surface area (Å²) in [5, 5.41) is 26.4. The number of rotatable bonds is 9. The number of carbonyl (C=O) groups is 4. The number of nitriles is 1. The van der Waals surface area contributed by atoms with Crippen molar-refractivity contribution in [1.29, 1.82) is 5.26 Å². The van der Waals surface area contributed by atoms with Crippen LogP contribution in [0.2, 0.25) is 0 Å². The molecule has 1 aliphatic heterocycles. The van der Waals surface area contributed by atoms with Gasteiger partial charge in [-0.05, 0) is 49.9 Å². The van der Waals surface area contributed by atoms with Crippen LogP contribution < -0.4 is 20.9 Å². The first-order chi connectivity index (χ1) is 20.0. The number of pyridine rings is 1. The zero-order valence-corrected chi connectivity index (χ0v) is 23.1. The number of nitrogens with one attached hydrogen (secondary N) is 3. The minimum absolute atomic E-state index is 0.0628. The summed E-state index contributed by atoms with van der Waals surface area (Å²) in [7, 11) is 1.84. The smallest absolute Gasteiger partial charge is 0.404 e. The second kappa shape index (κ2) is 13.0. The number of hydrogen-bond acceptors (Lipinski definition) is 7. The van der Waals surface area contributed by atoms with Crippen LogP contribution in [-0.4, -0.2) is 90.0 Å². The Balaban J connectivity index is 1.32. The van der Waals surface area contributed by atoms with Crippen molar-refractivity contribution in [2.24, 2.45) is 5.92 Å². The Morgan fingerprint density at radius 3 is 2.60 bits per heavy atom. The molecule has 0 spiro atoms. The van der Waals surface area contributed by atoms with Crippen molar-refractivity contribution in [3.05, 3.63) is 36.0 Å². The van der Waals surface area contributed by atoms with Crippen LogP contribution in [0, 0.1) is 17.2 Å². The van der Waals surface area contributed by atoms with Gasteiger partial charge in [0, 0.05) is 55.8 Å². The van der Waals surface area contributed by atoms with Crippen molar-refractivity contribution in [2.75, 3.05) is 38.1 Å². The lowest BCUT2D eigenvalue weighted by Crippen LogP contribution is -2.43. The van der Waals surface area contributed by atoms with Crippen molar-refractivity contribution in [3.8, 4) is 6.07 Å². The number of hydrogen-bond donors (Lipinski definition) is 4. The maximum absolute atomic E-state index is 13.7. The number of alkyl halides is 2. The summed E-state index contributed by atoms with van der Waals surface area (Å²) in [6.45, 7) is -0.542. The van der Waals surface area contributed by atoms with Gasteiger partial charge >= 0.3 is 6.09 Å². The lowest BCUT2D eigenvalue weighted by molar-refractivity contribution is -0.131. The van der Waals surface area contributed by atoms with E-state index in [1.165, 1.54) is 12.3 Å². The fourth-order valence-electron chi connectivity index (χ4n) is 5.41. The quantitative estimate of drug-likeness (QED) is 0.347. The monoisotopic (exact) mass is 585 g/mol. The van der Waals surface area contributed by atoms with Crippen LogP contribution >= 0.6 is 0 Å². The number of fused-ring (bicyclic) bond motifs is 1. The number of halogens is 2. The van der Waals surface area contributed by atoms with Crippen molar-refractivity contribution in [1.82, 2.24) is 25.8 Å². The number of benzene rings is 1. The number of likely N-dealkylation sites (tertiary alicyclic amines) is 1. The van der Waals surface area contributed by atoms with Gasteiger partial charge in [0.05, 0.1) is 30.2 Å². The van der Waals surface area contributed by atoms with Crippen LogP contribution in [0.1, 0.15) is 42.5 Å². The summed E-state index contributed by atoms with van der Waals surface area (Å²) in [6, 6.07) is 7.18. The van der Waals surface area contributed by atoms with Crippen LogP contribution in [0.4, 0.5) is 19.3 Å². The summed E-state index contributed by atoms with van der Waals surface area (Å²) in [4.78, 5) is 55.9. The largest absolute Gasteiger partial charge is 0.465 e. The summed E-state index contributed by atoms with van der Waals surface area (Å²) >= 11 is 0. The van der Waals surface area contributed by atoms with E-state index < -0.39 is 49.4 Å². The van der Waals surface area contributed by atoms with E-state index in [0.717, 1.165) is 10.6 Å². The predicted molar refractivity (Wildman–Crippen MR) is 148 cm³/mol. The Morgan fingerprint density at radius 2 is 1.90 bits per heavy atom. The zero-order valence-electron chi connectivity index (χ0n) is 23.1. The van der Waals surface area contributed by atoms with Gasteiger partial charge in [-0.25, -0.2) is 13.6 Å². The van der Waals surface area contributed by atoms with Gasteiger partial charge in [-0.15, -0.1) is 0 Å². The fraction of sp³-hybridized carbons (Fsp3) is 0.500. The van der Waals surface area contributed by atoms with Crippen LogP contribution in [0.5, 0.6) is 0 Å². The number of carbonyl (C=O) groups excluding carboxylic acids is 3. The minimum Gasteiger partial charge on any atom is -0.465 e. The average molecular weight is 586 g/mol. The van der Waals surface area contributed by atoms with Crippen molar-refractivity contribution < 1.29 is 33.1 Å². The molecule has 12 nitrogen and oxygen atoms in total. The third-order valence-corrected chi connectivity index (χ3v) is 7.72. The SMILES string of the molecule is CN(CCNC(=O)C1CCC(NC(=O)O)CC1)c1ccc2nccc(C(=O)NCC(=O)N3CC(F)(F)C[C@H]3C#N)c2c1. The van der Waals surface area contributed by atoms with E-state index in [4.69, 9.17) is 10.4 Å². The Morgan fingerprint density at radius 1 is 1.17 bits per heavy atom. The molecule has 1 saturated carbocycles. The van der Waals surface area contributed by atoms with Gasteiger partial charge in [0.25, 0.3) is 11.8 Å². The van der Waals surface area contributed by atoms with E-state index in [9.17, 15) is 28.0 Å². The van der Waals surface area contributed by atoms with Gasteiger partial charge in [-0.1, -0.05) is 0 Å². The van der Waals surface area contributed by atoms with Crippen molar-refractivity contribution in [2.45, 2.75) is 50.1 Å². The molecule has 0 bridgehead atoms. The molecular weight excluding hydrogens is 552 g/mol. The standard InChI is InChI=1S/C28H33F2N7O5/c1-36(11-10-33-25(39)17-2-4-18(5-3-17)35-27(41)42)19-6-7-23-22(12-19)21(8-9-32-23)26(40)34-15-24(38)37-16-28(29,30)13-20(37)14-31/h6-9,12,17-18,20,35H,2-5,10-11,13,15-16H2,1H3,(H,33,39)(H,34,40)(H,41,42)/t17?,18?,20-/m0/s1. The third kappa shape index (κ3) is 7.39. The number of amides is 4. The van der Waals surface area contributed by atoms with E-state index in [-0.39, 0.29) is 23.4 Å². The summed E-state index contributed by atoms with van der Waals surface area (Å²) < 4.78 is 27.4. The summed E-state index contributed by atoms with van der Waals surface area (Å²) in [5.41, 5.74) is 1.54. The molecule has 0 radical (unpaired) electrons. The molecular formula is C28H33F2N7O5. The Labute approximate surface area is 241 Å². The molecule has 1 saturated heterocycles. The van der Waals surface area contributed by atoms with E-state index in [1.54, 1.807) is 18.2 Å². The highest BCUT2D eigenvalue weighted by Crippen LogP contribution is 2.31. The average Bonchev–Trinajstić information content (AvgIpc) is 3.29. The number of aromatic nitrogens is 1. The zero-order chi connectivity index (χ0) is 30.4. The number of nitrogens with zero attached hydrogens (tertiary/aromatic N) is 4. The number of anilines is 1. The molecule has 2 aliphatic rings. The van der Waals surface area contributed by atoms with E-state index in [0.29, 0.717) is 49.7 Å². The molecule has 4 amide bonds. The first kappa shape index (κ1) is 30.4. The second-order valence-electron chi connectivity index (χ2n) is 10.7. The van der Waals surface area contributed by atoms with Crippen molar-refractivity contribution >= 4 is 40.4 Å². The molecule has 14 heteroatoms. The normalized spacial score (nSPS) is 21.3. The van der Waals surface area contributed by atoms with Gasteiger partial charge in [-0.2, -0.15) is 5.26 Å². The molecule has 4 N–H and O–H groups in total. The second-order valence-corrected chi connectivity index (χ2v) is 10.7. The van der Waals surface area contributed by atoms with Crippen LogP contribution in [0.15, 0.2) is 30.5 Å². The summed E-state index contributed by atoms with van der Waals surface area (Å²) in [6.07, 6.45) is 2.14. The first-order valence-corrected chi connectivity index (χ1v) is 13.7. The van der Waals surface area contributed by atoms with Gasteiger partial charge in [0.2, 0.25) is 11.8 Å². The van der Waals surface area contributed by atoms with Crippen LogP contribution in [0.3, 0.4) is 0 Å². The first-order valence-electron chi connectivity index (χ1n) is 13.7. The molecule has 2 fully saturated rings. The molecule has 1 aromatic carbocycles. The van der Waals surface area contributed by atoms with Gasteiger partial charge in [-0.3, -0.25) is 19.4 Å². The molecule has 4 rings (SSSR count). The molecule has 42 heavy (non-hydrogen) atoms. The molecule has 0 unspecified atom stereocenters. The number of likely N-dealkylation sites (N-methyl/N-ethyl adjacent to an activating group) is 1. The molecule has 1 aliphatic carbocycles. The van der Waals surface area contributed by atoms with Crippen LogP contribution in [0.25, 0.3) is 10.9 Å². The predicted octanol–water partition coefficient (Wildman–Crippen LogP) is 2.10. The maximum atomic E-state index is 13.7. The lowest BCUT2D eigenvalue weighted by atomic mass is 9.85. The molecule has 1 atom stereocenters. The molecule has 224 valence electrons. The van der Waals surface area contributed by atoms with E-state index >= 15 is 0 Å². The van der Waals surface area contributed by atoms with Gasteiger partial charge < -0.3 is 30.9 Å². The van der Waals surface area contributed by atoms with Gasteiger partial charge in [0.15, 0.2) is 0 Å².